The molecule has 0 unspecified atom stereocenters. The summed E-state index contributed by atoms with van der Waals surface area (Å²) in [5, 5.41) is 18.0. The molecule has 1 aromatic heterocycles. The number of H-pyrrole nitrogens is 1. The van der Waals surface area contributed by atoms with E-state index in [9.17, 15) is 9.90 Å². The molecule has 1 aliphatic heterocycles. The Kier molecular flexibility index (Phi) is 4.67. The van der Waals surface area contributed by atoms with E-state index in [1.165, 1.54) is 0 Å². The van der Waals surface area contributed by atoms with Crippen LogP contribution in [0.5, 0.6) is 0 Å². The second-order valence-electron chi connectivity index (χ2n) is 7.01. The first-order valence-corrected chi connectivity index (χ1v) is 8.59. The maximum absolute atomic E-state index is 12.9. The molecule has 1 amide bonds. The molecule has 25 heavy (non-hydrogen) atoms. The van der Waals surface area contributed by atoms with Gasteiger partial charge in [0.05, 0.1) is 22.9 Å². The highest BCUT2D eigenvalue weighted by Gasteiger charge is 2.46. The van der Waals surface area contributed by atoms with Gasteiger partial charge in [0.1, 0.15) is 0 Å². The van der Waals surface area contributed by atoms with E-state index in [0.717, 1.165) is 11.3 Å². The van der Waals surface area contributed by atoms with Crippen molar-refractivity contribution in [1.29, 1.82) is 0 Å². The molecule has 1 fully saturated rings. The molecule has 0 saturated carbocycles. The molecule has 0 aliphatic carbocycles. The molecule has 2 atom stereocenters. The van der Waals surface area contributed by atoms with Crippen LogP contribution >= 0.6 is 0 Å². The summed E-state index contributed by atoms with van der Waals surface area (Å²) in [7, 11) is 3.97. The standard InChI is InChI=1S/C19H26N4O2/c1-13-17(14(2)21-20-13)18(25)23-11-10-19(22(3)4,16(24)12-23)15-8-6-5-7-9-15/h5-9,16,24H,10-12H2,1-4H3,(H,20,21)/t16-,19+/m1/s1. The molecule has 134 valence electrons. The van der Waals surface area contributed by atoms with Crippen molar-refractivity contribution in [1.82, 2.24) is 20.0 Å². The number of likely N-dealkylation sites (N-methyl/N-ethyl adjacent to an activating group) is 1. The summed E-state index contributed by atoms with van der Waals surface area (Å²) in [5.41, 5.74) is 2.67. The number of aliphatic hydroxyl groups excluding tert-OH is 1. The van der Waals surface area contributed by atoms with Crippen LogP contribution in [0.4, 0.5) is 0 Å². The lowest BCUT2D eigenvalue weighted by atomic mass is 9.77. The summed E-state index contributed by atoms with van der Waals surface area (Å²) < 4.78 is 0. The van der Waals surface area contributed by atoms with Crippen LogP contribution in [0.15, 0.2) is 30.3 Å². The number of aromatic nitrogens is 2. The Bertz CT molecular complexity index is 737. The number of carbonyl (C=O) groups excluding carboxylic acids is 1. The van der Waals surface area contributed by atoms with Crippen molar-refractivity contribution in [3.8, 4) is 0 Å². The Hall–Kier alpha value is -2.18. The smallest absolute Gasteiger partial charge is 0.257 e. The van der Waals surface area contributed by atoms with Crippen LogP contribution in [0, 0.1) is 13.8 Å². The number of aromatic amines is 1. The number of hydrogen-bond donors (Lipinski definition) is 2. The summed E-state index contributed by atoms with van der Waals surface area (Å²) in [4.78, 5) is 16.7. The Morgan fingerprint density at radius 2 is 2.00 bits per heavy atom. The molecule has 3 rings (SSSR count). The average Bonchev–Trinajstić information content (AvgIpc) is 2.93. The number of amides is 1. The zero-order valence-corrected chi connectivity index (χ0v) is 15.3. The molecular formula is C19H26N4O2. The Morgan fingerprint density at radius 1 is 1.32 bits per heavy atom. The Labute approximate surface area is 148 Å². The SMILES string of the molecule is Cc1n[nH]c(C)c1C(=O)N1CC[C@@](c2ccccc2)(N(C)C)[C@H](O)C1. The highest BCUT2D eigenvalue weighted by molar-refractivity contribution is 5.96. The van der Waals surface area contributed by atoms with Crippen LogP contribution in [0.2, 0.25) is 0 Å². The number of rotatable bonds is 3. The van der Waals surface area contributed by atoms with E-state index in [4.69, 9.17) is 0 Å². The largest absolute Gasteiger partial charge is 0.389 e. The number of nitrogens with zero attached hydrogens (tertiary/aromatic N) is 3. The summed E-state index contributed by atoms with van der Waals surface area (Å²) in [6.07, 6.45) is 0.00229. The molecular weight excluding hydrogens is 316 g/mol. The van der Waals surface area contributed by atoms with E-state index in [2.05, 4.69) is 15.1 Å². The summed E-state index contributed by atoms with van der Waals surface area (Å²) >= 11 is 0. The van der Waals surface area contributed by atoms with E-state index in [1.54, 1.807) is 4.90 Å². The molecule has 1 aromatic carbocycles. The van der Waals surface area contributed by atoms with Gasteiger partial charge in [0.2, 0.25) is 0 Å². The minimum Gasteiger partial charge on any atom is -0.389 e. The molecule has 0 radical (unpaired) electrons. The molecule has 1 saturated heterocycles. The van der Waals surface area contributed by atoms with E-state index >= 15 is 0 Å². The monoisotopic (exact) mass is 342 g/mol. The van der Waals surface area contributed by atoms with Gasteiger partial charge in [0, 0.05) is 18.8 Å². The quantitative estimate of drug-likeness (QED) is 0.890. The number of piperidine rings is 1. The van der Waals surface area contributed by atoms with Crippen molar-refractivity contribution in [2.24, 2.45) is 0 Å². The lowest BCUT2D eigenvalue weighted by molar-refractivity contribution is -0.0612. The number of aliphatic hydroxyl groups is 1. The van der Waals surface area contributed by atoms with Gasteiger partial charge >= 0.3 is 0 Å². The number of likely N-dealkylation sites (tertiary alicyclic amines) is 1. The molecule has 6 nitrogen and oxygen atoms in total. The number of β-amino-alcohol motifs (C(OH)–C–C–N with tert-alkyl or cyclic N) is 1. The average molecular weight is 342 g/mol. The second-order valence-corrected chi connectivity index (χ2v) is 7.01. The number of carbonyl (C=O) groups is 1. The van der Waals surface area contributed by atoms with E-state index < -0.39 is 11.6 Å². The third-order valence-electron chi connectivity index (χ3n) is 5.41. The van der Waals surface area contributed by atoms with Crippen molar-refractivity contribution in [3.05, 3.63) is 52.8 Å². The van der Waals surface area contributed by atoms with Crippen molar-refractivity contribution in [2.45, 2.75) is 31.9 Å². The molecule has 1 aliphatic rings. The molecule has 6 heteroatoms. The van der Waals surface area contributed by atoms with Crippen molar-refractivity contribution < 1.29 is 9.90 Å². The van der Waals surface area contributed by atoms with Gasteiger partial charge in [0.15, 0.2) is 0 Å². The van der Waals surface area contributed by atoms with E-state index in [-0.39, 0.29) is 5.91 Å². The topological polar surface area (TPSA) is 72.5 Å². The van der Waals surface area contributed by atoms with Crippen LogP contribution in [0.1, 0.15) is 33.7 Å². The van der Waals surface area contributed by atoms with Crippen molar-refractivity contribution >= 4 is 5.91 Å². The molecule has 0 bridgehead atoms. The van der Waals surface area contributed by atoms with Gasteiger partial charge < -0.3 is 10.0 Å². The fourth-order valence-electron chi connectivity index (χ4n) is 3.98. The predicted octanol–water partition coefficient (Wildman–Crippen LogP) is 1.69. The summed E-state index contributed by atoms with van der Waals surface area (Å²) in [5.74, 6) is -0.0665. The first kappa shape index (κ1) is 17.6. The molecule has 0 spiro atoms. The normalized spacial score (nSPS) is 23.9. The van der Waals surface area contributed by atoms with Crippen LogP contribution in [0.25, 0.3) is 0 Å². The van der Waals surface area contributed by atoms with Gasteiger partial charge in [-0.2, -0.15) is 5.10 Å². The molecule has 2 N–H and O–H groups in total. The van der Waals surface area contributed by atoms with Gasteiger partial charge in [-0.05, 0) is 39.9 Å². The minimum absolute atomic E-state index is 0.0665. The van der Waals surface area contributed by atoms with E-state index in [0.29, 0.717) is 30.8 Å². The van der Waals surface area contributed by atoms with Crippen LogP contribution in [-0.4, -0.2) is 64.3 Å². The van der Waals surface area contributed by atoms with Crippen LogP contribution in [0.3, 0.4) is 0 Å². The van der Waals surface area contributed by atoms with E-state index in [1.807, 2.05) is 58.3 Å². The van der Waals surface area contributed by atoms with Crippen molar-refractivity contribution in [2.75, 3.05) is 27.2 Å². The summed E-state index contributed by atoms with van der Waals surface area (Å²) in [6.45, 7) is 4.57. The first-order valence-electron chi connectivity index (χ1n) is 8.59. The zero-order chi connectivity index (χ0) is 18.2. The van der Waals surface area contributed by atoms with Gasteiger partial charge in [0.25, 0.3) is 5.91 Å². The predicted molar refractivity (Wildman–Crippen MR) is 96.4 cm³/mol. The second kappa shape index (κ2) is 6.61. The van der Waals surface area contributed by atoms with Crippen LogP contribution in [-0.2, 0) is 5.54 Å². The fraction of sp³-hybridized carbons (Fsp3) is 0.474. The number of aryl methyl sites for hydroxylation is 2. The van der Waals surface area contributed by atoms with Gasteiger partial charge in [-0.3, -0.25) is 14.8 Å². The van der Waals surface area contributed by atoms with Gasteiger partial charge in [-0.15, -0.1) is 0 Å². The Balaban J connectivity index is 1.88. The highest BCUT2D eigenvalue weighted by atomic mass is 16.3. The Morgan fingerprint density at radius 3 is 2.52 bits per heavy atom. The van der Waals surface area contributed by atoms with Crippen LogP contribution < -0.4 is 0 Å². The minimum atomic E-state index is -0.671. The number of nitrogens with one attached hydrogen (secondary N) is 1. The van der Waals surface area contributed by atoms with Gasteiger partial charge in [-0.1, -0.05) is 30.3 Å². The van der Waals surface area contributed by atoms with Gasteiger partial charge in [-0.25, -0.2) is 0 Å². The lowest BCUT2D eigenvalue weighted by Crippen LogP contribution is -2.60. The maximum Gasteiger partial charge on any atom is 0.257 e. The van der Waals surface area contributed by atoms with Crippen molar-refractivity contribution in [3.63, 3.8) is 0 Å². The fourth-order valence-corrected chi connectivity index (χ4v) is 3.98. The highest BCUT2D eigenvalue weighted by Crippen LogP contribution is 2.38. The maximum atomic E-state index is 12.9. The number of hydrogen-bond acceptors (Lipinski definition) is 4. The zero-order valence-electron chi connectivity index (χ0n) is 15.3. The lowest BCUT2D eigenvalue weighted by Gasteiger charge is -2.49. The molecule has 2 heterocycles. The third kappa shape index (κ3) is 2.85. The first-order chi connectivity index (χ1) is 11.9. The number of benzene rings is 1. The third-order valence-corrected chi connectivity index (χ3v) is 5.41. The molecule has 2 aromatic rings. The summed E-state index contributed by atoms with van der Waals surface area (Å²) in [6, 6.07) is 10.0.